The molecule has 1 heterocycles. The molecule has 2 aromatic rings. The van der Waals surface area contributed by atoms with E-state index in [4.69, 9.17) is 11.6 Å². The highest BCUT2D eigenvalue weighted by Crippen LogP contribution is 2.23. The van der Waals surface area contributed by atoms with Crippen LogP contribution in [0.4, 0.5) is 4.39 Å². The third kappa shape index (κ3) is 3.30. The smallest absolute Gasteiger partial charge is 0.124 e. The SMILES string of the molecule is CCNC(Cc1ccc(F)cc1Cl)c1cnnn1C. The lowest BCUT2D eigenvalue weighted by Crippen LogP contribution is -2.25. The molecule has 0 saturated heterocycles. The van der Waals surface area contributed by atoms with E-state index >= 15 is 0 Å². The Balaban J connectivity index is 2.24. The van der Waals surface area contributed by atoms with Crippen molar-refractivity contribution in [1.29, 1.82) is 0 Å². The molecule has 0 bridgehead atoms. The maximum atomic E-state index is 13.0. The molecule has 19 heavy (non-hydrogen) atoms. The van der Waals surface area contributed by atoms with Crippen LogP contribution in [0.25, 0.3) is 0 Å². The predicted octanol–water partition coefficient (Wildman–Crippen LogP) is 2.50. The Morgan fingerprint density at radius 1 is 1.47 bits per heavy atom. The summed E-state index contributed by atoms with van der Waals surface area (Å²) in [5.41, 5.74) is 1.87. The highest BCUT2D eigenvalue weighted by Gasteiger charge is 2.17. The highest BCUT2D eigenvalue weighted by atomic mass is 35.5. The van der Waals surface area contributed by atoms with Gasteiger partial charge in [0.1, 0.15) is 5.82 Å². The van der Waals surface area contributed by atoms with Gasteiger partial charge < -0.3 is 5.32 Å². The molecule has 1 aromatic heterocycles. The van der Waals surface area contributed by atoms with E-state index in [-0.39, 0.29) is 11.9 Å². The largest absolute Gasteiger partial charge is 0.309 e. The van der Waals surface area contributed by atoms with Gasteiger partial charge >= 0.3 is 0 Å². The van der Waals surface area contributed by atoms with E-state index in [1.165, 1.54) is 12.1 Å². The van der Waals surface area contributed by atoms with Crippen molar-refractivity contribution in [2.45, 2.75) is 19.4 Å². The number of aryl methyl sites for hydroxylation is 1. The van der Waals surface area contributed by atoms with Crippen LogP contribution >= 0.6 is 11.6 Å². The summed E-state index contributed by atoms with van der Waals surface area (Å²) in [6.45, 7) is 2.84. The minimum Gasteiger partial charge on any atom is -0.309 e. The van der Waals surface area contributed by atoms with Gasteiger partial charge in [0, 0.05) is 12.1 Å². The van der Waals surface area contributed by atoms with Crippen molar-refractivity contribution in [1.82, 2.24) is 20.3 Å². The maximum Gasteiger partial charge on any atom is 0.124 e. The lowest BCUT2D eigenvalue weighted by atomic mass is 10.0. The van der Waals surface area contributed by atoms with E-state index in [2.05, 4.69) is 15.6 Å². The summed E-state index contributed by atoms with van der Waals surface area (Å²) in [5, 5.41) is 11.6. The molecule has 0 amide bonds. The molecule has 0 spiro atoms. The Morgan fingerprint density at radius 3 is 2.84 bits per heavy atom. The van der Waals surface area contributed by atoms with Crippen molar-refractivity contribution in [3.63, 3.8) is 0 Å². The summed E-state index contributed by atoms with van der Waals surface area (Å²) in [4.78, 5) is 0. The van der Waals surface area contributed by atoms with Gasteiger partial charge in [0.15, 0.2) is 0 Å². The summed E-state index contributed by atoms with van der Waals surface area (Å²) in [6.07, 6.45) is 2.39. The van der Waals surface area contributed by atoms with Crippen LogP contribution in [0.15, 0.2) is 24.4 Å². The lowest BCUT2D eigenvalue weighted by Gasteiger charge is -2.18. The van der Waals surface area contributed by atoms with Crippen LogP contribution in [0.5, 0.6) is 0 Å². The Bertz CT molecular complexity index is 555. The van der Waals surface area contributed by atoms with Crippen molar-refractivity contribution in [2.24, 2.45) is 7.05 Å². The molecule has 1 N–H and O–H groups in total. The van der Waals surface area contributed by atoms with Gasteiger partial charge in [-0.25, -0.2) is 4.39 Å². The number of likely N-dealkylation sites (N-methyl/N-ethyl adjacent to an activating group) is 1. The van der Waals surface area contributed by atoms with Gasteiger partial charge in [-0.1, -0.05) is 29.8 Å². The van der Waals surface area contributed by atoms with Gasteiger partial charge in [0.25, 0.3) is 0 Å². The monoisotopic (exact) mass is 282 g/mol. The molecule has 4 nitrogen and oxygen atoms in total. The Labute approximate surface area is 116 Å². The minimum atomic E-state index is -0.323. The second kappa shape index (κ2) is 6.12. The van der Waals surface area contributed by atoms with E-state index in [0.29, 0.717) is 11.4 Å². The van der Waals surface area contributed by atoms with Crippen LogP contribution in [0.3, 0.4) is 0 Å². The summed E-state index contributed by atoms with van der Waals surface area (Å²) < 4.78 is 14.8. The number of nitrogens with one attached hydrogen (secondary N) is 1. The lowest BCUT2D eigenvalue weighted by molar-refractivity contribution is 0.506. The molecule has 1 aromatic carbocycles. The van der Waals surface area contributed by atoms with Crippen LogP contribution in [0.1, 0.15) is 24.2 Å². The number of hydrogen-bond acceptors (Lipinski definition) is 3. The van der Waals surface area contributed by atoms with Gasteiger partial charge in [0.2, 0.25) is 0 Å². The fourth-order valence-corrected chi connectivity index (χ4v) is 2.29. The van der Waals surface area contributed by atoms with Crippen LogP contribution in [-0.4, -0.2) is 21.5 Å². The molecule has 0 aliphatic carbocycles. The van der Waals surface area contributed by atoms with Crippen molar-refractivity contribution < 1.29 is 4.39 Å². The molecule has 1 atom stereocenters. The Kier molecular flexibility index (Phi) is 4.50. The van der Waals surface area contributed by atoms with Gasteiger partial charge in [-0.2, -0.15) is 0 Å². The molecule has 6 heteroatoms. The normalized spacial score (nSPS) is 12.6. The van der Waals surface area contributed by atoms with Gasteiger partial charge in [-0.3, -0.25) is 4.68 Å². The molecule has 1 unspecified atom stereocenters. The molecular weight excluding hydrogens is 267 g/mol. The second-order valence-electron chi connectivity index (χ2n) is 4.33. The molecule has 0 fully saturated rings. The molecule has 2 rings (SSSR count). The summed E-state index contributed by atoms with van der Waals surface area (Å²) in [7, 11) is 1.85. The zero-order valence-electron chi connectivity index (χ0n) is 10.9. The number of aromatic nitrogens is 3. The first-order valence-corrected chi connectivity index (χ1v) is 6.51. The molecule has 0 aliphatic rings. The minimum absolute atomic E-state index is 0.0490. The number of nitrogens with zero attached hydrogens (tertiary/aromatic N) is 3. The molecular formula is C13H16ClFN4. The van der Waals surface area contributed by atoms with E-state index in [1.807, 2.05) is 14.0 Å². The number of benzene rings is 1. The fourth-order valence-electron chi connectivity index (χ4n) is 2.05. The van der Waals surface area contributed by atoms with Crippen LogP contribution in [0, 0.1) is 5.82 Å². The molecule has 102 valence electrons. The predicted molar refractivity (Wildman–Crippen MR) is 72.5 cm³/mol. The van der Waals surface area contributed by atoms with Crippen LogP contribution in [-0.2, 0) is 13.5 Å². The van der Waals surface area contributed by atoms with Gasteiger partial charge in [0.05, 0.1) is 17.9 Å². The topological polar surface area (TPSA) is 42.7 Å². The van der Waals surface area contributed by atoms with Crippen LogP contribution < -0.4 is 5.32 Å². The van der Waals surface area contributed by atoms with E-state index < -0.39 is 0 Å². The standard InChI is InChI=1S/C13H16ClFN4/c1-3-16-12(13-8-17-18-19(13)2)6-9-4-5-10(15)7-11(9)14/h4-5,7-8,12,16H,3,6H2,1-2H3. The zero-order chi connectivity index (χ0) is 13.8. The summed E-state index contributed by atoms with van der Waals surface area (Å²) in [6, 6.07) is 4.52. The third-order valence-corrected chi connectivity index (χ3v) is 3.35. The van der Waals surface area contributed by atoms with Crippen molar-refractivity contribution >= 4 is 11.6 Å². The Hall–Kier alpha value is -1.46. The third-order valence-electron chi connectivity index (χ3n) is 3.00. The molecule has 0 aliphatic heterocycles. The van der Waals surface area contributed by atoms with Crippen molar-refractivity contribution in [3.05, 3.63) is 46.5 Å². The maximum absolute atomic E-state index is 13.0. The van der Waals surface area contributed by atoms with E-state index in [9.17, 15) is 4.39 Å². The van der Waals surface area contributed by atoms with Crippen molar-refractivity contribution in [3.8, 4) is 0 Å². The van der Waals surface area contributed by atoms with Crippen LogP contribution in [0.2, 0.25) is 5.02 Å². The average molecular weight is 283 g/mol. The highest BCUT2D eigenvalue weighted by molar-refractivity contribution is 6.31. The average Bonchev–Trinajstić information content (AvgIpc) is 2.78. The summed E-state index contributed by atoms with van der Waals surface area (Å²) in [5.74, 6) is -0.323. The quantitative estimate of drug-likeness (QED) is 0.916. The first kappa shape index (κ1) is 14.0. The van der Waals surface area contributed by atoms with Gasteiger partial charge in [-0.05, 0) is 30.7 Å². The van der Waals surface area contributed by atoms with E-state index in [1.54, 1.807) is 16.9 Å². The number of halogens is 2. The second-order valence-corrected chi connectivity index (χ2v) is 4.74. The summed E-state index contributed by atoms with van der Waals surface area (Å²) >= 11 is 6.07. The zero-order valence-corrected chi connectivity index (χ0v) is 11.7. The molecule has 0 radical (unpaired) electrons. The van der Waals surface area contributed by atoms with Gasteiger partial charge in [-0.15, -0.1) is 5.10 Å². The fraction of sp³-hybridized carbons (Fsp3) is 0.385. The van der Waals surface area contributed by atoms with Crippen molar-refractivity contribution in [2.75, 3.05) is 6.54 Å². The molecule has 0 saturated carbocycles. The first-order valence-electron chi connectivity index (χ1n) is 6.13. The first-order chi connectivity index (χ1) is 9.11. The number of hydrogen-bond donors (Lipinski definition) is 1. The van der Waals surface area contributed by atoms with E-state index in [0.717, 1.165) is 17.8 Å². The Morgan fingerprint density at radius 2 is 2.26 bits per heavy atom. The number of rotatable bonds is 5.